The molecular formula is C19H20ClNO3S. The maximum atomic E-state index is 12.2. The Hall–Kier alpha value is -1.85. The summed E-state index contributed by atoms with van der Waals surface area (Å²) < 4.78 is 11.1. The van der Waals surface area contributed by atoms with E-state index in [1.54, 1.807) is 11.8 Å². The fraction of sp³-hybridized carbons (Fsp3) is 0.316. The lowest BCUT2D eigenvalue weighted by Gasteiger charge is -2.21. The Labute approximate surface area is 156 Å². The number of carbonyl (C=O) groups is 1. The van der Waals surface area contributed by atoms with Gasteiger partial charge in [-0.1, -0.05) is 17.7 Å². The molecule has 0 bridgehead atoms. The molecule has 0 aromatic heterocycles. The number of hydrogen-bond donors (Lipinski definition) is 1. The molecule has 0 saturated carbocycles. The summed E-state index contributed by atoms with van der Waals surface area (Å²) in [6, 6.07) is 13.3. The summed E-state index contributed by atoms with van der Waals surface area (Å²) in [6.45, 7) is 3.10. The summed E-state index contributed by atoms with van der Waals surface area (Å²) in [7, 11) is 0. The molecule has 3 rings (SSSR count). The van der Waals surface area contributed by atoms with Gasteiger partial charge in [-0.3, -0.25) is 4.79 Å². The standard InChI is InChI=1S/C19H20ClNO3S/c1-13(14-2-7-17-18(12-14)24-10-9-23-17)21-19(22)8-11-25-16-5-3-15(20)4-6-16/h2-7,12-13H,8-11H2,1H3,(H,21,22)/t13-/m0/s1. The van der Waals surface area contributed by atoms with E-state index in [1.807, 2.05) is 49.4 Å². The highest BCUT2D eigenvalue weighted by molar-refractivity contribution is 7.99. The van der Waals surface area contributed by atoms with Crippen LogP contribution in [0.2, 0.25) is 5.02 Å². The van der Waals surface area contributed by atoms with Crippen molar-refractivity contribution in [3.8, 4) is 11.5 Å². The van der Waals surface area contributed by atoms with Crippen molar-refractivity contribution >= 4 is 29.3 Å². The second-order valence-corrected chi connectivity index (χ2v) is 7.35. The van der Waals surface area contributed by atoms with Crippen molar-refractivity contribution in [2.45, 2.75) is 24.3 Å². The van der Waals surface area contributed by atoms with Crippen LogP contribution in [-0.4, -0.2) is 24.9 Å². The number of halogens is 1. The summed E-state index contributed by atoms with van der Waals surface area (Å²) in [6.07, 6.45) is 0.461. The summed E-state index contributed by atoms with van der Waals surface area (Å²) in [5, 5.41) is 3.75. The van der Waals surface area contributed by atoms with Gasteiger partial charge in [-0.05, 0) is 48.9 Å². The molecule has 0 radical (unpaired) electrons. The second-order valence-electron chi connectivity index (χ2n) is 5.74. The first kappa shape index (κ1) is 18.0. The van der Waals surface area contributed by atoms with E-state index in [0.717, 1.165) is 32.7 Å². The molecule has 132 valence electrons. The number of carbonyl (C=O) groups excluding carboxylic acids is 1. The molecule has 1 N–H and O–H groups in total. The van der Waals surface area contributed by atoms with Gasteiger partial charge < -0.3 is 14.8 Å². The first-order chi connectivity index (χ1) is 12.1. The quantitative estimate of drug-likeness (QED) is 0.754. The molecule has 0 saturated heterocycles. The largest absolute Gasteiger partial charge is 0.486 e. The van der Waals surface area contributed by atoms with Gasteiger partial charge in [0, 0.05) is 22.1 Å². The molecule has 1 aliphatic rings. The summed E-state index contributed by atoms with van der Waals surface area (Å²) in [4.78, 5) is 13.3. The Kier molecular flexibility index (Phi) is 6.10. The highest BCUT2D eigenvalue weighted by Crippen LogP contribution is 2.32. The van der Waals surface area contributed by atoms with E-state index in [-0.39, 0.29) is 11.9 Å². The fourth-order valence-electron chi connectivity index (χ4n) is 2.52. The minimum atomic E-state index is -0.0798. The van der Waals surface area contributed by atoms with Crippen LogP contribution in [0.15, 0.2) is 47.4 Å². The molecule has 1 aliphatic heterocycles. The number of rotatable bonds is 6. The number of amides is 1. The van der Waals surface area contributed by atoms with Gasteiger partial charge in [0.2, 0.25) is 5.91 Å². The van der Waals surface area contributed by atoms with Crippen molar-refractivity contribution in [3.05, 3.63) is 53.1 Å². The highest BCUT2D eigenvalue weighted by atomic mass is 35.5. The number of benzene rings is 2. The maximum absolute atomic E-state index is 12.2. The van der Waals surface area contributed by atoms with Gasteiger partial charge >= 0.3 is 0 Å². The molecule has 6 heteroatoms. The molecular weight excluding hydrogens is 358 g/mol. The molecule has 0 fully saturated rings. The topological polar surface area (TPSA) is 47.6 Å². The molecule has 1 atom stereocenters. The lowest BCUT2D eigenvalue weighted by Crippen LogP contribution is -2.27. The van der Waals surface area contributed by atoms with E-state index in [9.17, 15) is 4.79 Å². The van der Waals surface area contributed by atoms with E-state index < -0.39 is 0 Å². The molecule has 1 amide bonds. The number of fused-ring (bicyclic) bond motifs is 1. The monoisotopic (exact) mass is 377 g/mol. The first-order valence-electron chi connectivity index (χ1n) is 8.19. The normalized spacial score (nSPS) is 14.0. The second kappa shape index (κ2) is 8.50. The number of nitrogens with one attached hydrogen (secondary N) is 1. The Morgan fingerprint density at radius 2 is 1.88 bits per heavy atom. The Morgan fingerprint density at radius 1 is 1.16 bits per heavy atom. The van der Waals surface area contributed by atoms with Crippen LogP contribution in [0, 0.1) is 0 Å². The SMILES string of the molecule is C[C@H](NC(=O)CCSc1ccc(Cl)cc1)c1ccc2c(c1)OCCO2. The van der Waals surface area contributed by atoms with Crippen LogP contribution in [0.25, 0.3) is 0 Å². The molecule has 2 aromatic carbocycles. The van der Waals surface area contributed by atoms with Crippen LogP contribution < -0.4 is 14.8 Å². The van der Waals surface area contributed by atoms with Crippen molar-refractivity contribution in [2.75, 3.05) is 19.0 Å². The smallest absolute Gasteiger partial charge is 0.221 e. The summed E-state index contributed by atoms with van der Waals surface area (Å²) in [5.41, 5.74) is 1.00. The van der Waals surface area contributed by atoms with Crippen LogP contribution in [0.4, 0.5) is 0 Å². The maximum Gasteiger partial charge on any atom is 0.221 e. The zero-order valence-electron chi connectivity index (χ0n) is 14.0. The van der Waals surface area contributed by atoms with Gasteiger partial charge in [0.15, 0.2) is 11.5 Å². The minimum absolute atomic E-state index is 0.0313. The van der Waals surface area contributed by atoms with Crippen molar-refractivity contribution < 1.29 is 14.3 Å². The van der Waals surface area contributed by atoms with Gasteiger partial charge in [-0.25, -0.2) is 0 Å². The van der Waals surface area contributed by atoms with Crippen LogP contribution >= 0.6 is 23.4 Å². The number of hydrogen-bond acceptors (Lipinski definition) is 4. The van der Waals surface area contributed by atoms with Crippen molar-refractivity contribution in [2.24, 2.45) is 0 Å². The molecule has 0 spiro atoms. The van der Waals surface area contributed by atoms with Crippen molar-refractivity contribution in [1.29, 1.82) is 0 Å². The van der Waals surface area contributed by atoms with Crippen LogP contribution in [0.3, 0.4) is 0 Å². The third-order valence-electron chi connectivity index (χ3n) is 3.86. The zero-order chi connectivity index (χ0) is 17.6. The molecule has 0 aliphatic carbocycles. The predicted molar refractivity (Wildman–Crippen MR) is 101 cm³/mol. The number of ether oxygens (including phenoxy) is 2. The average Bonchev–Trinajstić information content (AvgIpc) is 2.63. The lowest BCUT2D eigenvalue weighted by molar-refractivity contribution is -0.121. The van der Waals surface area contributed by atoms with E-state index in [2.05, 4.69) is 5.32 Å². The minimum Gasteiger partial charge on any atom is -0.486 e. The highest BCUT2D eigenvalue weighted by Gasteiger charge is 2.15. The first-order valence-corrected chi connectivity index (χ1v) is 9.55. The molecule has 2 aromatic rings. The van der Waals surface area contributed by atoms with Gasteiger partial charge in [-0.15, -0.1) is 11.8 Å². The Bertz CT molecular complexity index is 736. The zero-order valence-corrected chi connectivity index (χ0v) is 15.5. The average molecular weight is 378 g/mol. The summed E-state index contributed by atoms with van der Waals surface area (Å²) in [5.74, 6) is 2.25. The van der Waals surface area contributed by atoms with E-state index in [0.29, 0.717) is 19.6 Å². The third kappa shape index (κ3) is 5.06. The molecule has 0 unspecified atom stereocenters. The van der Waals surface area contributed by atoms with E-state index in [1.165, 1.54) is 0 Å². The molecule has 25 heavy (non-hydrogen) atoms. The van der Waals surface area contributed by atoms with Crippen molar-refractivity contribution in [3.63, 3.8) is 0 Å². The summed E-state index contributed by atoms with van der Waals surface area (Å²) >= 11 is 7.51. The van der Waals surface area contributed by atoms with Crippen LogP contribution in [0.5, 0.6) is 11.5 Å². The van der Waals surface area contributed by atoms with E-state index >= 15 is 0 Å². The van der Waals surface area contributed by atoms with Crippen LogP contribution in [-0.2, 0) is 4.79 Å². The third-order valence-corrected chi connectivity index (χ3v) is 5.12. The lowest BCUT2D eigenvalue weighted by atomic mass is 10.1. The fourth-order valence-corrected chi connectivity index (χ4v) is 3.50. The Balaban J connectivity index is 1.48. The van der Waals surface area contributed by atoms with Gasteiger partial charge in [0.1, 0.15) is 13.2 Å². The van der Waals surface area contributed by atoms with Crippen LogP contribution in [0.1, 0.15) is 24.9 Å². The Morgan fingerprint density at radius 3 is 2.64 bits per heavy atom. The van der Waals surface area contributed by atoms with Gasteiger partial charge in [0.25, 0.3) is 0 Å². The van der Waals surface area contributed by atoms with Crippen molar-refractivity contribution in [1.82, 2.24) is 5.32 Å². The molecule has 1 heterocycles. The van der Waals surface area contributed by atoms with E-state index in [4.69, 9.17) is 21.1 Å². The van der Waals surface area contributed by atoms with Gasteiger partial charge in [-0.2, -0.15) is 0 Å². The predicted octanol–water partition coefficient (Wildman–Crippen LogP) is 4.47. The number of thioether (sulfide) groups is 1. The molecule has 4 nitrogen and oxygen atoms in total. The van der Waals surface area contributed by atoms with Gasteiger partial charge in [0.05, 0.1) is 6.04 Å².